The molecule has 1 aliphatic heterocycles. The van der Waals surface area contributed by atoms with Gasteiger partial charge in [0.15, 0.2) is 0 Å². The largest absolute Gasteiger partial charge is 0.396 e. The van der Waals surface area contributed by atoms with Gasteiger partial charge >= 0.3 is 0 Å². The lowest BCUT2D eigenvalue weighted by Gasteiger charge is -2.24. The van der Waals surface area contributed by atoms with E-state index in [4.69, 9.17) is 0 Å². The predicted octanol–water partition coefficient (Wildman–Crippen LogP) is 2.58. The minimum absolute atomic E-state index is 0.196. The van der Waals surface area contributed by atoms with Gasteiger partial charge in [0.2, 0.25) is 5.91 Å². The Kier molecular flexibility index (Phi) is 6.73. The molecule has 1 fully saturated rings. The van der Waals surface area contributed by atoms with Gasteiger partial charge in [0.25, 0.3) is 0 Å². The van der Waals surface area contributed by atoms with Crippen LogP contribution in [0.5, 0.6) is 0 Å². The lowest BCUT2D eigenvalue weighted by molar-refractivity contribution is -0.117. The maximum Gasteiger partial charge on any atom is 0.227 e. The summed E-state index contributed by atoms with van der Waals surface area (Å²) in [6.45, 7) is 3.16. The third-order valence-corrected chi connectivity index (χ3v) is 4.82. The molecule has 0 radical (unpaired) electrons. The van der Waals surface area contributed by atoms with Crippen molar-refractivity contribution in [1.29, 1.82) is 0 Å². The number of carbonyl (C=O) groups excluding carboxylic acids is 1. The van der Waals surface area contributed by atoms with Gasteiger partial charge < -0.3 is 15.3 Å². The van der Waals surface area contributed by atoms with Crippen molar-refractivity contribution >= 4 is 23.4 Å². The molecule has 2 atom stereocenters. The second kappa shape index (κ2) is 8.56. The summed E-state index contributed by atoms with van der Waals surface area (Å²) in [5.74, 6) is 1.20. The van der Waals surface area contributed by atoms with E-state index in [0.29, 0.717) is 12.5 Å². The molecule has 122 valence electrons. The van der Waals surface area contributed by atoms with Crippen molar-refractivity contribution in [3.63, 3.8) is 0 Å². The third kappa shape index (κ3) is 4.48. The summed E-state index contributed by atoms with van der Waals surface area (Å²) in [4.78, 5) is 13.8. The van der Waals surface area contributed by atoms with Crippen LogP contribution in [-0.4, -0.2) is 42.2 Å². The lowest BCUT2D eigenvalue weighted by Crippen LogP contribution is -2.34. The van der Waals surface area contributed by atoms with Crippen LogP contribution in [-0.2, 0) is 4.79 Å². The molecule has 1 heterocycles. The Morgan fingerprint density at radius 1 is 1.45 bits per heavy atom. The van der Waals surface area contributed by atoms with Crippen LogP contribution in [0.4, 0.5) is 5.69 Å². The summed E-state index contributed by atoms with van der Waals surface area (Å²) < 4.78 is 0. The monoisotopic (exact) mass is 322 g/mol. The van der Waals surface area contributed by atoms with Crippen molar-refractivity contribution < 1.29 is 9.90 Å². The quantitative estimate of drug-likeness (QED) is 0.772. The molecule has 1 amide bonds. The number of amides is 1. The number of nitrogens with one attached hydrogen (secondary N) is 1. The molecule has 0 aromatic heterocycles. The molecule has 4 nitrogen and oxygen atoms in total. The summed E-state index contributed by atoms with van der Waals surface area (Å²) in [6, 6.07) is 8.72. The van der Waals surface area contributed by atoms with Crippen LogP contribution in [0.2, 0.25) is 0 Å². The highest BCUT2D eigenvalue weighted by molar-refractivity contribution is 7.98. The van der Waals surface area contributed by atoms with E-state index < -0.39 is 0 Å². The zero-order chi connectivity index (χ0) is 15.9. The highest BCUT2D eigenvalue weighted by Gasteiger charge is 2.22. The zero-order valence-corrected chi connectivity index (χ0v) is 14.2. The summed E-state index contributed by atoms with van der Waals surface area (Å²) >= 11 is 1.78. The van der Waals surface area contributed by atoms with Gasteiger partial charge in [-0.25, -0.2) is 0 Å². The fourth-order valence-electron chi connectivity index (χ4n) is 2.90. The average molecular weight is 322 g/mol. The fraction of sp³-hybridized carbons (Fsp3) is 0.588. The molecule has 5 heteroatoms. The summed E-state index contributed by atoms with van der Waals surface area (Å²) in [6.07, 6.45) is 4.44. The molecule has 22 heavy (non-hydrogen) atoms. The first-order chi connectivity index (χ1) is 10.7. The van der Waals surface area contributed by atoms with Crippen LogP contribution in [0.25, 0.3) is 0 Å². The van der Waals surface area contributed by atoms with Gasteiger partial charge in [-0.15, -0.1) is 0 Å². The number of aliphatic hydroxyl groups is 1. The Morgan fingerprint density at radius 3 is 2.91 bits per heavy atom. The van der Waals surface area contributed by atoms with E-state index in [2.05, 4.69) is 30.6 Å². The Bertz CT molecular complexity index is 489. The van der Waals surface area contributed by atoms with Crippen molar-refractivity contribution in [2.24, 2.45) is 0 Å². The second-order valence-electron chi connectivity index (χ2n) is 5.80. The smallest absolute Gasteiger partial charge is 0.227 e. The Labute approximate surface area is 137 Å². The van der Waals surface area contributed by atoms with Crippen LogP contribution < -0.4 is 10.2 Å². The zero-order valence-electron chi connectivity index (χ0n) is 13.4. The highest BCUT2D eigenvalue weighted by Crippen LogP contribution is 2.25. The van der Waals surface area contributed by atoms with Gasteiger partial charge in [0.05, 0.1) is 0 Å². The highest BCUT2D eigenvalue weighted by atomic mass is 32.2. The number of nitrogens with zero attached hydrogens (tertiary/aromatic N) is 1. The molecule has 0 saturated carbocycles. The van der Waals surface area contributed by atoms with Gasteiger partial charge in [0.1, 0.15) is 0 Å². The maximum absolute atomic E-state index is 11.9. The van der Waals surface area contributed by atoms with Crippen molar-refractivity contribution in [3.05, 3.63) is 29.8 Å². The van der Waals surface area contributed by atoms with Gasteiger partial charge in [-0.1, -0.05) is 12.1 Å². The molecule has 1 aromatic carbocycles. The summed E-state index contributed by atoms with van der Waals surface area (Å²) in [5, 5.41) is 12.8. The molecule has 1 saturated heterocycles. The van der Waals surface area contributed by atoms with Crippen LogP contribution in [0.15, 0.2) is 24.3 Å². The number of rotatable bonds is 8. The summed E-state index contributed by atoms with van der Waals surface area (Å²) in [5.41, 5.74) is 2.18. The number of anilines is 1. The molecular weight excluding hydrogens is 296 g/mol. The SMILES string of the molecule is CSCC(CCO)NC(C)c1cccc(N2CCCC2=O)c1. The Morgan fingerprint density at radius 2 is 2.27 bits per heavy atom. The van der Waals surface area contributed by atoms with Crippen molar-refractivity contribution in [1.82, 2.24) is 5.32 Å². The molecule has 1 aromatic rings. The van der Waals surface area contributed by atoms with E-state index in [1.807, 2.05) is 17.0 Å². The van der Waals surface area contributed by atoms with Crippen LogP contribution >= 0.6 is 11.8 Å². The summed E-state index contributed by atoms with van der Waals surface area (Å²) in [7, 11) is 0. The predicted molar refractivity (Wildman–Crippen MR) is 93.5 cm³/mol. The number of aliphatic hydroxyl groups excluding tert-OH is 1. The normalized spacial score (nSPS) is 17.8. The first-order valence-electron chi connectivity index (χ1n) is 7.92. The van der Waals surface area contributed by atoms with Crippen LogP contribution in [0.3, 0.4) is 0 Å². The first-order valence-corrected chi connectivity index (χ1v) is 9.31. The second-order valence-corrected chi connectivity index (χ2v) is 6.71. The molecule has 1 aliphatic rings. The van der Waals surface area contributed by atoms with Gasteiger partial charge in [-0.3, -0.25) is 4.79 Å². The van der Waals surface area contributed by atoms with Crippen LogP contribution in [0.1, 0.15) is 37.8 Å². The minimum atomic E-state index is 0.196. The number of carbonyl (C=O) groups is 1. The van der Waals surface area contributed by atoms with Crippen molar-refractivity contribution in [2.75, 3.05) is 30.1 Å². The molecule has 2 N–H and O–H groups in total. The number of thioether (sulfide) groups is 1. The first kappa shape index (κ1) is 17.3. The third-order valence-electron chi connectivity index (χ3n) is 4.09. The van der Waals surface area contributed by atoms with E-state index in [9.17, 15) is 9.90 Å². The number of hydrogen-bond donors (Lipinski definition) is 2. The van der Waals surface area contributed by atoms with E-state index in [1.54, 1.807) is 11.8 Å². The van der Waals surface area contributed by atoms with Gasteiger partial charge in [0, 0.05) is 43.1 Å². The molecular formula is C17H26N2O2S. The molecule has 0 spiro atoms. The molecule has 0 bridgehead atoms. The maximum atomic E-state index is 11.9. The van der Waals surface area contributed by atoms with E-state index in [1.165, 1.54) is 5.56 Å². The van der Waals surface area contributed by atoms with E-state index in [-0.39, 0.29) is 18.6 Å². The molecule has 2 unspecified atom stereocenters. The van der Waals surface area contributed by atoms with Gasteiger partial charge in [-0.2, -0.15) is 11.8 Å². The topological polar surface area (TPSA) is 52.6 Å². The van der Waals surface area contributed by atoms with Gasteiger partial charge in [-0.05, 0) is 43.7 Å². The fourth-order valence-corrected chi connectivity index (χ4v) is 3.57. The average Bonchev–Trinajstić information content (AvgIpc) is 2.94. The lowest BCUT2D eigenvalue weighted by atomic mass is 10.1. The Balaban J connectivity index is 2.06. The van der Waals surface area contributed by atoms with Crippen molar-refractivity contribution in [3.8, 4) is 0 Å². The standard InChI is InChI=1S/C17H26N2O2S/c1-13(18-15(8-10-20)12-22-2)14-5-3-6-16(11-14)19-9-4-7-17(19)21/h3,5-6,11,13,15,18,20H,4,7-10,12H2,1-2H3. The van der Waals surface area contributed by atoms with Crippen LogP contribution in [0, 0.1) is 0 Å². The Hall–Kier alpha value is -1.04. The molecule has 2 rings (SSSR count). The van der Waals surface area contributed by atoms with E-state index >= 15 is 0 Å². The number of benzene rings is 1. The van der Waals surface area contributed by atoms with E-state index in [0.717, 1.165) is 30.8 Å². The van der Waals surface area contributed by atoms with Crippen molar-refractivity contribution in [2.45, 2.75) is 38.3 Å². The minimum Gasteiger partial charge on any atom is -0.396 e. The number of hydrogen-bond acceptors (Lipinski definition) is 4. The molecule has 0 aliphatic carbocycles.